The molecule has 0 fully saturated rings. The largest absolute Gasteiger partial charge is 0.464 e. The van der Waals surface area contributed by atoms with Crippen LogP contribution in [0, 0.1) is 0 Å². The maximum absolute atomic E-state index is 10.9. The number of hydrogen-bond acceptors (Lipinski definition) is 4. The highest BCUT2D eigenvalue weighted by atomic mass is 32.2. The molecule has 0 unspecified atom stereocenters. The van der Waals surface area contributed by atoms with Crippen LogP contribution in [0.25, 0.3) is 11.3 Å². The second-order valence-electron chi connectivity index (χ2n) is 3.61. The summed E-state index contributed by atoms with van der Waals surface area (Å²) in [6, 6.07) is 11.2. The number of rotatable bonds is 4. The van der Waals surface area contributed by atoms with E-state index in [1.807, 2.05) is 30.3 Å². The van der Waals surface area contributed by atoms with Crippen molar-refractivity contribution in [1.82, 2.24) is 0 Å². The molecule has 4 nitrogen and oxygen atoms in total. The van der Waals surface area contributed by atoms with Crippen molar-refractivity contribution < 1.29 is 17.0 Å². The maximum atomic E-state index is 10.9. The molecule has 0 bridgehead atoms. The lowest BCUT2D eigenvalue weighted by molar-refractivity contribution is 0.311. The predicted octanol–water partition coefficient (Wildman–Crippen LogP) is 2.42. The molecule has 0 atom stereocenters. The Morgan fingerprint density at radius 2 is 1.88 bits per heavy atom. The molecule has 5 heteroatoms. The van der Waals surface area contributed by atoms with Crippen molar-refractivity contribution in [3.05, 3.63) is 48.2 Å². The summed E-state index contributed by atoms with van der Waals surface area (Å²) in [5, 5.41) is 0. The molecule has 0 spiro atoms. The van der Waals surface area contributed by atoms with Gasteiger partial charge in [0, 0.05) is 11.1 Å². The molecular formula is C12H12O4S. The summed E-state index contributed by atoms with van der Waals surface area (Å²) >= 11 is 0. The van der Waals surface area contributed by atoms with Gasteiger partial charge in [0.1, 0.15) is 5.76 Å². The van der Waals surface area contributed by atoms with E-state index in [0.717, 1.165) is 11.8 Å². The molecule has 1 aromatic heterocycles. The van der Waals surface area contributed by atoms with E-state index in [1.54, 1.807) is 6.07 Å². The zero-order valence-corrected chi connectivity index (χ0v) is 10.1. The molecule has 0 aliphatic heterocycles. The standard InChI is InChI=1S/C12H12O4S/c1-17(13,14)16-9-11-7-8-15-12(11)10-5-3-2-4-6-10/h2-8H,9H2,1H3. The Kier molecular flexibility index (Phi) is 3.31. The first kappa shape index (κ1) is 11.9. The summed E-state index contributed by atoms with van der Waals surface area (Å²) in [5.41, 5.74) is 1.60. The van der Waals surface area contributed by atoms with Crippen molar-refractivity contribution in [2.24, 2.45) is 0 Å². The van der Waals surface area contributed by atoms with Crippen LogP contribution in [0.4, 0.5) is 0 Å². The zero-order chi connectivity index (χ0) is 12.3. The molecule has 0 radical (unpaired) electrons. The first-order valence-electron chi connectivity index (χ1n) is 5.02. The maximum Gasteiger partial charge on any atom is 0.264 e. The quantitative estimate of drug-likeness (QED) is 0.784. The van der Waals surface area contributed by atoms with Crippen molar-refractivity contribution in [3.8, 4) is 11.3 Å². The van der Waals surface area contributed by atoms with Crippen LogP contribution < -0.4 is 0 Å². The normalized spacial score (nSPS) is 11.6. The third-order valence-corrected chi connectivity index (χ3v) is 2.76. The number of furan rings is 1. The molecule has 0 N–H and O–H groups in total. The highest BCUT2D eigenvalue weighted by molar-refractivity contribution is 7.85. The minimum atomic E-state index is -3.44. The topological polar surface area (TPSA) is 56.5 Å². The van der Waals surface area contributed by atoms with Gasteiger partial charge in [-0.1, -0.05) is 30.3 Å². The lowest BCUT2D eigenvalue weighted by atomic mass is 10.1. The fraction of sp³-hybridized carbons (Fsp3) is 0.167. The minimum Gasteiger partial charge on any atom is -0.464 e. The number of hydrogen-bond donors (Lipinski definition) is 0. The van der Waals surface area contributed by atoms with Crippen molar-refractivity contribution in [1.29, 1.82) is 0 Å². The SMILES string of the molecule is CS(=O)(=O)OCc1ccoc1-c1ccccc1. The van der Waals surface area contributed by atoms with E-state index in [1.165, 1.54) is 6.26 Å². The predicted molar refractivity (Wildman–Crippen MR) is 63.8 cm³/mol. The third-order valence-electron chi connectivity index (χ3n) is 2.21. The Balaban J connectivity index is 2.24. The van der Waals surface area contributed by atoms with Gasteiger partial charge in [0.2, 0.25) is 0 Å². The second-order valence-corrected chi connectivity index (χ2v) is 5.25. The summed E-state index contributed by atoms with van der Waals surface area (Å²) in [6.07, 6.45) is 2.54. The van der Waals surface area contributed by atoms with Gasteiger partial charge in [-0.05, 0) is 6.07 Å². The van der Waals surface area contributed by atoms with Crippen molar-refractivity contribution in [2.45, 2.75) is 6.61 Å². The summed E-state index contributed by atoms with van der Waals surface area (Å²) in [4.78, 5) is 0. The zero-order valence-electron chi connectivity index (χ0n) is 9.29. The van der Waals surface area contributed by atoms with Crippen molar-refractivity contribution >= 4 is 10.1 Å². The molecule has 0 aliphatic carbocycles. The van der Waals surface area contributed by atoms with Gasteiger partial charge in [-0.3, -0.25) is 4.18 Å². The van der Waals surface area contributed by atoms with Gasteiger partial charge in [0.05, 0.1) is 19.1 Å². The average Bonchev–Trinajstić information content (AvgIpc) is 2.75. The summed E-state index contributed by atoms with van der Waals surface area (Å²) < 4.78 is 31.9. The molecule has 2 rings (SSSR count). The fourth-order valence-corrected chi connectivity index (χ4v) is 1.80. The minimum absolute atomic E-state index is 0.0143. The van der Waals surface area contributed by atoms with E-state index in [4.69, 9.17) is 8.60 Å². The molecule has 0 amide bonds. The molecule has 0 saturated carbocycles. The lowest BCUT2D eigenvalue weighted by Gasteiger charge is -2.02. The van der Waals surface area contributed by atoms with E-state index >= 15 is 0 Å². The first-order valence-corrected chi connectivity index (χ1v) is 6.84. The molecular weight excluding hydrogens is 240 g/mol. The van der Waals surface area contributed by atoms with Gasteiger partial charge >= 0.3 is 0 Å². The van der Waals surface area contributed by atoms with Crippen molar-refractivity contribution in [3.63, 3.8) is 0 Å². The highest BCUT2D eigenvalue weighted by Crippen LogP contribution is 2.25. The van der Waals surface area contributed by atoms with Crippen LogP contribution >= 0.6 is 0 Å². The molecule has 17 heavy (non-hydrogen) atoms. The third kappa shape index (κ3) is 3.18. The van der Waals surface area contributed by atoms with Crippen LogP contribution in [-0.4, -0.2) is 14.7 Å². The Bertz CT molecular complexity index is 584. The van der Waals surface area contributed by atoms with Crippen LogP contribution in [0.2, 0.25) is 0 Å². The van der Waals surface area contributed by atoms with Gasteiger partial charge in [0.25, 0.3) is 10.1 Å². The molecule has 0 aliphatic rings. The van der Waals surface area contributed by atoms with Crippen LogP contribution in [0.3, 0.4) is 0 Å². The summed E-state index contributed by atoms with van der Waals surface area (Å²) in [7, 11) is -3.44. The van der Waals surface area contributed by atoms with E-state index in [9.17, 15) is 8.42 Å². The van der Waals surface area contributed by atoms with Gasteiger partial charge in [0.15, 0.2) is 0 Å². The molecule has 1 aromatic carbocycles. The van der Waals surface area contributed by atoms with Crippen LogP contribution in [0.15, 0.2) is 47.1 Å². The van der Waals surface area contributed by atoms with E-state index in [2.05, 4.69) is 0 Å². The molecule has 2 aromatic rings. The monoisotopic (exact) mass is 252 g/mol. The van der Waals surface area contributed by atoms with Gasteiger partial charge < -0.3 is 4.42 Å². The summed E-state index contributed by atoms with van der Waals surface area (Å²) in [5.74, 6) is 0.634. The Hall–Kier alpha value is -1.59. The van der Waals surface area contributed by atoms with Gasteiger partial charge in [-0.2, -0.15) is 8.42 Å². The highest BCUT2D eigenvalue weighted by Gasteiger charge is 2.11. The van der Waals surface area contributed by atoms with E-state index in [0.29, 0.717) is 11.3 Å². The van der Waals surface area contributed by atoms with Crippen LogP contribution in [0.1, 0.15) is 5.56 Å². The van der Waals surface area contributed by atoms with E-state index in [-0.39, 0.29) is 6.61 Å². The molecule has 0 saturated heterocycles. The smallest absolute Gasteiger partial charge is 0.264 e. The van der Waals surface area contributed by atoms with Gasteiger partial charge in [-0.25, -0.2) is 0 Å². The molecule has 90 valence electrons. The first-order chi connectivity index (χ1) is 8.06. The lowest BCUT2D eigenvalue weighted by Crippen LogP contribution is -2.02. The van der Waals surface area contributed by atoms with E-state index < -0.39 is 10.1 Å². The Morgan fingerprint density at radius 3 is 2.53 bits per heavy atom. The average molecular weight is 252 g/mol. The Morgan fingerprint density at radius 1 is 1.18 bits per heavy atom. The fourth-order valence-electron chi connectivity index (χ4n) is 1.46. The molecule has 1 heterocycles. The number of benzene rings is 1. The van der Waals surface area contributed by atoms with Crippen LogP contribution in [0.5, 0.6) is 0 Å². The second kappa shape index (κ2) is 4.73. The van der Waals surface area contributed by atoms with Gasteiger partial charge in [-0.15, -0.1) is 0 Å². The van der Waals surface area contributed by atoms with Crippen LogP contribution in [-0.2, 0) is 20.9 Å². The summed E-state index contributed by atoms with van der Waals surface area (Å²) in [6.45, 7) is -0.0143. The van der Waals surface area contributed by atoms with Crippen molar-refractivity contribution in [2.75, 3.05) is 6.26 Å². The Labute approximate surface area is 100.0 Å².